The second kappa shape index (κ2) is 2.77. The molecule has 0 aromatic heterocycles. The normalized spacial score (nSPS) is 47.1. The maximum Gasteiger partial charge on any atom is 0.00478 e. The van der Waals surface area contributed by atoms with Gasteiger partial charge in [0.05, 0.1) is 0 Å². The van der Waals surface area contributed by atoms with Gasteiger partial charge in [0, 0.05) is 5.25 Å². The molecule has 0 aromatic rings. The third-order valence-corrected chi connectivity index (χ3v) is 3.94. The second-order valence-corrected chi connectivity index (χ2v) is 4.52. The summed E-state index contributed by atoms with van der Waals surface area (Å²) in [5.74, 6) is 2.06. The molecule has 0 aliphatic heterocycles. The maximum atomic E-state index is 4.61. The van der Waals surface area contributed by atoms with Crippen LogP contribution in [0.3, 0.4) is 0 Å². The van der Waals surface area contributed by atoms with Crippen LogP contribution in [0.25, 0.3) is 0 Å². The quantitative estimate of drug-likeness (QED) is 0.512. The lowest BCUT2D eigenvalue weighted by Crippen LogP contribution is -2.18. The average Bonchev–Trinajstić information content (AvgIpc) is 2.34. The van der Waals surface area contributed by atoms with Crippen molar-refractivity contribution in [2.45, 2.75) is 43.8 Å². The van der Waals surface area contributed by atoms with Crippen LogP contribution >= 0.6 is 12.6 Å². The molecule has 0 aromatic carbocycles. The van der Waals surface area contributed by atoms with Crippen LogP contribution in [0.4, 0.5) is 0 Å². The van der Waals surface area contributed by atoms with Crippen molar-refractivity contribution in [3.05, 3.63) is 0 Å². The van der Waals surface area contributed by atoms with Crippen LogP contribution in [0.5, 0.6) is 0 Å². The molecule has 0 bridgehead atoms. The van der Waals surface area contributed by atoms with Crippen molar-refractivity contribution in [3.8, 4) is 0 Å². The minimum absolute atomic E-state index is 0.755. The SMILES string of the molecule is S[C@H]1CC[C@@H]2CCCCC21. The topological polar surface area (TPSA) is 0 Å². The molecule has 10 heavy (non-hydrogen) atoms. The Kier molecular flexibility index (Phi) is 1.94. The number of thiol groups is 1. The molecule has 58 valence electrons. The largest absolute Gasteiger partial charge is 0.176 e. The van der Waals surface area contributed by atoms with Crippen LogP contribution < -0.4 is 0 Å². The van der Waals surface area contributed by atoms with Gasteiger partial charge < -0.3 is 0 Å². The van der Waals surface area contributed by atoms with Crippen LogP contribution in [0.1, 0.15) is 38.5 Å². The van der Waals surface area contributed by atoms with Crippen LogP contribution in [-0.2, 0) is 0 Å². The molecule has 1 unspecified atom stereocenters. The van der Waals surface area contributed by atoms with E-state index in [1.165, 1.54) is 38.5 Å². The first-order valence-electron chi connectivity index (χ1n) is 4.56. The molecular formula is C9H16S. The van der Waals surface area contributed by atoms with Crippen LogP contribution in [0, 0.1) is 11.8 Å². The van der Waals surface area contributed by atoms with E-state index in [0.29, 0.717) is 0 Å². The molecule has 0 radical (unpaired) electrons. The summed E-state index contributed by atoms with van der Waals surface area (Å²) < 4.78 is 0. The van der Waals surface area contributed by atoms with Gasteiger partial charge in [-0.05, 0) is 31.1 Å². The summed E-state index contributed by atoms with van der Waals surface area (Å²) >= 11 is 4.61. The van der Waals surface area contributed by atoms with Gasteiger partial charge in [-0.25, -0.2) is 0 Å². The lowest BCUT2D eigenvalue weighted by atomic mass is 9.82. The molecular weight excluding hydrogens is 140 g/mol. The van der Waals surface area contributed by atoms with E-state index in [4.69, 9.17) is 0 Å². The van der Waals surface area contributed by atoms with Crippen molar-refractivity contribution in [1.29, 1.82) is 0 Å². The van der Waals surface area contributed by atoms with Gasteiger partial charge >= 0.3 is 0 Å². The zero-order valence-corrected chi connectivity index (χ0v) is 7.32. The highest BCUT2D eigenvalue weighted by atomic mass is 32.1. The maximum absolute atomic E-state index is 4.61. The van der Waals surface area contributed by atoms with Gasteiger partial charge in [-0.2, -0.15) is 12.6 Å². The Morgan fingerprint density at radius 1 is 0.900 bits per heavy atom. The van der Waals surface area contributed by atoms with E-state index in [1.54, 1.807) is 0 Å². The summed E-state index contributed by atoms with van der Waals surface area (Å²) in [4.78, 5) is 0. The van der Waals surface area contributed by atoms with E-state index in [9.17, 15) is 0 Å². The van der Waals surface area contributed by atoms with E-state index in [-0.39, 0.29) is 0 Å². The van der Waals surface area contributed by atoms with E-state index in [0.717, 1.165) is 17.1 Å². The number of rotatable bonds is 0. The van der Waals surface area contributed by atoms with E-state index in [2.05, 4.69) is 12.6 Å². The first-order valence-corrected chi connectivity index (χ1v) is 5.07. The minimum Gasteiger partial charge on any atom is -0.176 e. The second-order valence-electron chi connectivity index (χ2n) is 3.85. The lowest BCUT2D eigenvalue weighted by Gasteiger charge is -2.26. The molecule has 0 N–H and O–H groups in total. The Labute approximate surface area is 68.8 Å². The zero-order chi connectivity index (χ0) is 6.97. The summed E-state index contributed by atoms with van der Waals surface area (Å²) in [6.45, 7) is 0. The van der Waals surface area contributed by atoms with Gasteiger partial charge in [0.25, 0.3) is 0 Å². The predicted molar refractivity (Wildman–Crippen MR) is 47.5 cm³/mol. The summed E-state index contributed by atoms with van der Waals surface area (Å²) in [5, 5.41) is 0.755. The van der Waals surface area contributed by atoms with Crippen molar-refractivity contribution in [2.24, 2.45) is 11.8 Å². The molecule has 2 aliphatic rings. The van der Waals surface area contributed by atoms with Crippen molar-refractivity contribution in [1.82, 2.24) is 0 Å². The van der Waals surface area contributed by atoms with Gasteiger partial charge in [-0.15, -0.1) is 0 Å². The van der Waals surface area contributed by atoms with Crippen molar-refractivity contribution in [3.63, 3.8) is 0 Å². The van der Waals surface area contributed by atoms with Gasteiger partial charge in [-0.3, -0.25) is 0 Å². The Hall–Kier alpha value is 0.350. The number of fused-ring (bicyclic) bond motifs is 1. The fourth-order valence-electron chi connectivity index (χ4n) is 2.70. The van der Waals surface area contributed by atoms with Crippen LogP contribution in [0.2, 0.25) is 0 Å². The monoisotopic (exact) mass is 156 g/mol. The van der Waals surface area contributed by atoms with Gasteiger partial charge in [0.15, 0.2) is 0 Å². The van der Waals surface area contributed by atoms with Gasteiger partial charge in [0.2, 0.25) is 0 Å². The molecule has 0 heterocycles. The first kappa shape index (κ1) is 7.02. The third kappa shape index (κ3) is 1.09. The highest BCUT2D eigenvalue weighted by Crippen LogP contribution is 2.44. The molecule has 2 aliphatic carbocycles. The molecule has 3 atom stereocenters. The van der Waals surface area contributed by atoms with E-state index < -0.39 is 0 Å². The van der Waals surface area contributed by atoms with Crippen LogP contribution in [-0.4, -0.2) is 5.25 Å². The summed E-state index contributed by atoms with van der Waals surface area (Å²) in [7, 11) is 0. The van der Waals surface area contributed by atoms with Crippen molar-refractivity contribution >= 4 is 12.6 Å². The summed E-state index contributed by atoms with van der Waals surface area (Å²) in [6.07, 6.45) is 8.79. The fraction of sp³-hybridized carbons (Fsp3) is 1.00. The summed E-state index contributed by atoms with van der Waals surface area (Å²) in [5.41, 5.74) is 0. The highest BCUT2D eigenvalue weighted by molar-refractivity contribution is 7.81. The van der Waals surface area contributed by atoms with Gasteiger partial charge in [-0.1, -0.05) is 19.3 Å². The fourth-order valence-corrected chi connectivity index (χ4v) is 3.24. The standard InChI is InChI=1S/C9H16S/c10-9-6-5-7-3-1-2-4-8(7)9/h7-10H,1-6H2/t7-,8?,9-/m0/s1. The van der Waals surface area contributed by atoms with Gasteiger partial charge in [0.1, 0.15) is 0 Å². The molecule has 2 fully saturated rings. The van der Waals surface area contributed by atoms with Crippen LogP contribution in [0.15, 0.2) is 0 Å². The smallest absolute Gasteiger partial charge is 0.00478 e. The number of hydrogen-bond donors (Lipinski definition) is 1. The Morgan fingerprint density at radius 2 is 1.70 bits per heavy atom. The molecule has 0 spiro atoms. The highest BCUT2D eigenvalue weighted by Gasteiger charge is 2.34. The Balaban J connectivity index is 2.01. The minimum atomic E-state index is 0.755. The van der Waals surface area contributed by atoms with Crippen molar-refractivity contribution in [2.75, 3.05) is 0 Å². The predicted octanol–water partition coefficient (Wildman–Crippen LogP) is 2.89. The molecule has 0 amide bonds. The van der Waals surface area contributed by atoms with Crippen molar-refractivity contribution < 1.29 is 0 Å². The molecule has 0 nitrogen and oxygen atoms in total. The Bertz CT molecular complexity index is 120. The zero-order valence-electron chi connectivity index (χ0n) is 6.42. The number of hydrogen-bond acceptors (Lipinski definition) is 1. The average molecular weight is 156 g/mol. The summed E-state index contributed by atoms with van der Waals surface area (Å²) in [6, 6.07) is 0. The molecule has 2 saturated carbocycles. The van der Waals surface area contributed by atoms with E-state index in [1.807, 2.05) is 0 Å². The third-order valence-electron chi connectivity index (χ3n) is 3.30. The first-order chi connectivity index (χ1) is 4.88. The molecule has 0 saturated heterocycles. The van der Waals surface area contributed by atoms with E-state index >= 15 is 0 Å². The molecule has 2 rings (SSSR count). The molecule has 1 heteroatoms. The lowest BCUT2D eigenvalue weighted by molar-refractivity contribution is 0.281. The Morgan fingerprint density at radius 3 is 2.50 bits per heavy atom.